The molecule has 0 aromatic heterocycles. The van der Waals surface area contributed by atoms with Gasteiger partial charge >= 0.3 is 5.97 Å². The lowest BCUT2D eigenvalue weighted by molar-refractivity contribution is -0.142. The molecule has 0 unspecified atom stereocenters. The topological polar surface area (TPSA) is 55.4 Å². The van der Waals surface area contributed by atoms with Gasteiger partial charge < -0.3 is 10.1 Å². The SMILES string of the molecule is CC(=O)c1ccc2c(NCC(=O)OCc3ccccc3)cccc2c1. The summed E-state index contributed by atoms with van der Waals surface area (Å²) < 4.78 is 5.27. The molecule has 3 aromatic carbocycles. The van der Waals surface area contributed by atoms with Crippen molar-refractivity contribution in [3.05, 3.63) is 77.9 Å². The Morgan fingerprint density at radius 1 is 0.960 bits per heavy atom. The molecule has 4 nitrogen and oxygen atoms in total. The van der Waals surface area contributed by atoms with Crippen LogP contribution in [0.2, 0.25) is 0 Å². The summed E-state index contributed by atoms with van der Waals surface area (Å²) in [6, 6.07) is 20.9. The third-order valence-electron chi connectivity index (χ3n) is 3.95. The smallest absolute Gasteiger partial charge is 0.325 e. The van der Waals surface area contributed by atoms with Crippen LogP contribution < -0.4 is 5.32 Å². The number of nitrogens with one attached hydrogen (secondary N) is 1. The number of carbonyl (C=O) groups is 2. The molecule has 0 heterocycles. The predicted octanol–water partition coefficient (Wildman–Crippen LogP) is 4.20. The number of ketones is 1. The fourth-order valence-electron chi connectivity index (χ4n) is 2.61. The van der Waals surface area contributed by atoms with Crippen LogP contribution in [0.4, 0.5) is 5.69 Å². The zero-order chi connectivity index (χ0) is 17.6. The lowest BCUT2D eigenvalue weighted by Crippen LogP contribution is -2.16. The minimum absolute atomic E-state index is 0.0322. The van der Waals surface area contributed by atoms with E-state index >= 15 is 0 Å². The highest BCUT2D eigenvalue weighted by atomic mass is 16.5. The molecule has 0 saturated carbocycles. The third kappa shape index (κ3) is 4.23. The number of fused-ring (bicyclic) bond motifs is 1. The van der Waals surface area contributed by atoms with Gasteiger partial charge in [0.1, 0.15) is 13.2 Å². The molecular formula is C21H19NO3. The van der Waals surface area contributed by atoms with E-state index in [1.54, 1.807) is 13.0 Å². The molecule has 25 heavy (non-hydrogen) atoms. The summed E-state index contributed by atoms with van der Waals surface area (Å²) >= 11 is 0. The van der Waals surface area contributed by atoms with Crippen molar-refractivity contribution in [3.63, 3.8) is 0 Å². The third-order valence-corrected chi connectivity index (χ3v) is 3.95. The van der Waals surface area contributed by atoms with Crippen molar-refractivity contribution in [1.82, 2.24) is 0 Å². The van der Waals surface area contributed by atoms with E-state index in [1.807, 2.05) is 60.7 Å². The van der Waals surface area contributed by atoms with Gasteiger partial charge in [-0.25, -0.2) is 0 Å². The summed E-state index contributed by atoms with van der Waals surface area (Å²) in [6.07, 6.45) is 0. The molecule has 3 rings (SSSR count). The van der Waals surface area contributed by atoms with E-state index in [-0.39, 0.29) is 24.9 Å². The van der Waals surface area contributed by atoms with Crippen LogP contribution in [0, 0.1) is 0 Å². The highest BCUT2D eigenvalue weighted by Crippen LogP contribution is 2.24. The van der Waals surface area contributed by atoms with Gasteiger partial charge in [-0.2, -0.15) is 0 Å². The van der Waals surface area contributed by atoms with Crippen LogP contribution in [-0.4, -0.2) is 18.3 Å². The number of benzene rings is 3. The van der Waals surface area contributed by atoms with Gasteiger partial charge in [0.25, 0.3) is 0 Å². The van der Waals surface area contributed by atoms with Crippen LogP contribution >= 0.6 is 0 Å². The molecular weight excluding hydrogens is 314 g/mol. The van der Waals surface area contributed by atoms with Gasteiger partial charge in [-0.1, -0.05) is 54.6 Å². The van der Waals surface area contributed by atoms with Gasteiger partial charge in [0.2, 0.25) is 0 Å². The first-order chi connectivity index (χ1) is 12.1. The fourth-order valence-corrected chi connectivity index (χ4v) is 2.61. The monoisotopic (exact) mass is 333 g/mol. The van der Waals surface area contributed by atoms with Crippen molar-refractivity contribution in [1.29, 1.82) is 0 Å². The second-order valence-electron chi connectivity index (χ2n) is 5.80. The maximum atomic E-state index is 11.9. The summed E-state index contributed by atoms with van der Waals surface area (Å²) in [7, 11) is 0. The molecule has 0 spiro atoms. The van der Waals surface area contributed by atoms with Gasteiger partial charge in [-0.05, 0) is 30.0 Å². The Hall–Kier alpha value is -3.14. The molecule has 0 aliphatic rings. The first kappa shape index (κ1) is 16.7. The van der Waals surface area contributed by atoms with Gasteiger partial charge in [-0.3, -0.25) is 9.59 Å². The summed E-state index contributed by atoms with van der Waals surface area (Å²) in [5.41, 5.74) is 2.47. The Morgan fingerprint density at radius 2 is 1.76 bits per heavy atom. The fraction of sp³-hybridized carbons (Fsp3) is 0.143. The number of rotatable bonds is 6. The van der Waals surface area contributed by atoms with E-state index in [9.17, 15) is 9.59 Å². The van der Waals surface area contributed by atoms with E-state index in [0.717, 1.165) is 22.0 Å². The maximum absolute atomic E-state index is 11.9. The zero-order valence-corrected chi connectivity index (χ0v) is 14.0. The van der Waals surface area contributed by atoms with E-state index in [1.165, 1.54) is 0 Å². The molecule has 0 saturated heterocycles. The lowest BCUT2D eigenvalue weighted by Gasteiger charge is -2.10. The van der Waals surface area contributed by atoms with Crippen molar-refractivity contribution in [2.45, 2.75) is 13.5 Å². The van der Waals surface area contributed by atoms with Crippen molar-refractivity contribution in [2.75, 3.05) is 11.9 Å². The molecule has 0 fully saturated rings. The Balaban J connectivity index is 1.64. The van der Waals surface area contributed by atoms with Crippen LogP contribution in [0.1, 0.15) is 22.8 Å². The van der Waals surface area contributed by atoms with E-state index in [2.05, 4.69) is 5.32 Å². The average molecular weight is 333 g/mol. The molecule has 126 valence electrons. The molecule has 0 atom stereocenters. The number of hydrogen-bond acceptors (Lipinski definition) is 4. The molecule has 0 amide bonds. The van der Waals surface area contributed by atoms with Crippen LogP contribution in [0.5, 0.6) is 0 Å². The van der Waals surface area contributed by atoms with Gasteiger partial charge in [-0.15, -0.1) is 0 Å². The highest BCUT2D eigenvalue weighted by molar-refractivity contribution is 6.01. The van der Waals surface area contributed by atoms with Gasteiger partial charge in [0.05, 0.1) is 0 Å². The molecule has 0 aliphatic carbocycles. The first-order valence-electron chi connectivity index (χ1n) is 8.10. The molecule has 3 aromatic rings. The van der Waals surface area contributed by atoms with Crippen LogP contribution in [0.15, 0.2) is 66.7 Å². The van der Waals surface area contributed by atoms with Gasteiger partial charge in [0, 0.05) is 16.6 Å². The normalized spacial score (nSPS) is 10.4. The number of anilines is 1. The predicted molar refractivity (Wildman–Crippen MR) is 98.7 cm³/mol. The second-order valence-corrected chi connectivity index (χ2v) is 5.80. The Labute approximate surface area is 146 Å². The summed E-state index contributed by atoms with van der Waals surface area (Å²) in [4.78, 5) is 23.4. The standard InChI is InChI=1S/C21H19NO3/c1-15(23)17-10-11-19-18(12-17)8-5-9-20(19)22-13-21(24)25-14-16-6-3-2-4-7-16/h2-12,22H,13-14H2,1H3. The number of esters is 1. The summed E-state index contributed by atoms with van der Waals surface area (Å²) in [6.45, 7) is 1.89. The second kappa shape index (κ2) is 7.62. The molecule has 0 radical (unpaired) electrons. The van der Waals surface area contributed by atoms with E-state index in [4.69, 9.17) is 4.74 Å². The summed E-state index contributed by atoms with van der Waals surface area (Å²) in [5.74, 6) is -0.286. The van der Waals surface area contributed by atoms with Gasteiger partial charge in [0.15, 0.2) is 5.78 Å². The molecule has 0 aliphatic heterocycles. The summed E-state index contributed by atoms with van der Waals surface area (Å²) in [5, 5.41) is 5.03. The minimum Gasteiger partial charge on any atom is -0.460 e. The number of Topliss-reactive ketones (excluding diaryl/α,β-unsaturated/α-hetero) is 1. The number of carbonyl (C=O) groups excluding carboxylic acids is 2. The lowest BCUT2D eigenvalue weighted by atomic mass is 10.0. The average Bonchev–Trinajstić information content (AvgIpc) is 2.65. The zero-order valence-electron chi connectivity index (χ0n) is 14.0. The van der Waals surface area contributed by atoms with Crippen molar-refractivity contribution < 1.29 is 14.3 Å². The van der Waals surface area contributed by atoms with Crippen molar-refractivity contribution in [3.8, 4) is 0 Å². The minimum atomic E-state index is -0.318. The number of ether oxygens (including phenoxy) is 1. The van der Waals surface area contributed by atoms with Crippen molar-refractivity contribution in [2.24, 2.45) is 0 Å². The largest absolute Gasteiger partial charge is 0.460 e. The number of hydrogen-bond donors (Lipinski definition) is 1. The Morgan fingerprint density at radius 3 is 2.52 bits per heavy atom. The highest BCUT2D eigenvalue weighted by Gasteiger charge is 2.07. The van der Waals surface area contributed by atoms with Crippen molar-refractivity contribution >= 4 is 28.2 Å². The Kier molecular flexibility index (Phi) is 5.09. The molecule has 0 bridgehead atoms. The maximum Gasteiger partial charge on any atom is 0.325 e. The van der Waals surface area contributed by atoms with Crippen LogP contribution in [-0.2, 0) is 16.1 Å². The molecule has 4 heteroatoms. The quantitative estimate of drug-likeness (QED) is 0.543. The first-order valence-corrected chi connectivity index (χ1v) is 8.10. The van der Waals surface area contributed by atoms with E-state index in [0.29, 0.717) is 5.56 Å². The van der Waals surface area contributed by atoms with Crippen LogP contribution in [0.25, 0.3) is 10.8 Å². The molecule has 1 N–H and O–H groups in total. The van der Waals surface area contributed by atoms with Crippen LogP contribution in [0.3, 0.4) is 0 Å². The Bertz CT molecular complexity index is 903. The van der Waals surface area contributed by atoms with E-state index < -0.39 is 0 Å².